The average molecular weight is 368 g/mol. The lowest BCUT2D eigenvalue weighted by Gasteiger charge is -2.22. The van der Waals surface area contributed by atoms with Crippen molar-refractivity contribution >= 4 is 17.8 Å². The zero-order valence-electron chi connectivity index (χ0n) is 17.0. The minimum atomic E-state index is -0.545. The smallest absolute Gasteiger partial charge is 0.227 e. The number of guanidine groups is 1. The summed E-state index contributed by atoms with van der Waals surface area (Å²) in [5.41, 5.74) is -0.545. The van der Waals surface area contributed by atoms with E-state index in [1.54, 1.807) is 0 Å². The second-order valence-corrected chi connectivity index (χ2v) is 7.41. The second-order valence-electron chi connectivity index (χ2n) is 7.41. The number of aliphatic imine (C=N–C) groups is 1. The van der Waals surface area contributed by atoms with Crippen molar-refractivity contribution < 1.29 is 9.59 Å². The third-order valence-corrected chi connectivity index (χ3v) is 4.50. The fourth-order valence-electron chi connectivity index (χ4n) is 2.84. The minimum absolute atomic E-state index is 0.0132. The number of carbonyl (C=O) groups excluding carboxylic acids is 2. The van der Waals surface area contributed by atoms with Gasteiger partial charge in [-0.05, 0) is 47.0 Å². The molecule has 150 valence electrons. The van der Waals surface area contributed by atoms with Gasteiger partial charge >= 0.3 is 0 Å². The van der Waals surface area contributed by atoms with Gasteiger partial charge in [-0.15, -0.1) is 0 Å². The Bertz CT molecular complexity index is 477. The Kier molecular flexibility index (Phi) is 10.1. The first-order chi connectivity index (χ1) is 12.4. The zero-order chi connectivity index (χ0) is 19.4. The maximum Gasteiger partial charge on any atom is 0.227 e. The van der Waals surface area contributed by atoms with E-state index in [9.17, 15) is 9.59 Å². The first kappa shape index (κ1) is 22.3. The van der Waals surface area contributed by atoms with Crippen molar-refractivity contribution in [1.82, 2.24) is 20.9 Å². The van der Waals surface area contributed by atoms with Crippen LogP contribution in [-0.2, 0) is 9.59 Å². The maximum atomic E-state index is 12.1. The standard InChI is InChI=1S/C19H37N5O2/c1-5-20-17(26)19(3,4)15-23-18(21-6-2)22-12-10-14-24-13-9-7-8-11-16(24)25/h5-15H2,1-4H3,(H,20,26)(H2,21,22,23). The number of hydrogen-bond acceptors (Lipinski definition) is 3. The van der Waals surface area contributed by atoms with E-state index in [1.165, 1.54) is 0 Å². The van der Waals surface area contributed by atoms with Gasteiger partial charge in [-0.2, -0.15) is 0 Å². The molecule has 7 heteroatoms. The topological polar surface area (TPSA) is 85.8 Å². The normalized spacial score (nSPS) is 16.2. The number of nitrogens with one attached hydrogen (secondary N) is 3. The SMILES string of the molecule is CCNC(=O)C(C)(C)CN=C(NCC)NCCCN1CCCCCC1=O. The summed E-state index contributed by atoms with van der Waals surface area (Å²) in [7, 11) is 0. The number of amides is 2. The molecule has 3 N–H and O–H groups in total. The van der Waals surface area contributed by atoms with E-state index in [1.807, 2.05) is 32.6 Å². The van der Waals surface area contributed by atoms with Crippen LogP contribution in [0.15, 0.2) is 4.99 Å². The van der Waals surface area contributed by atoms with E-state index in [0.29, 0.717) is 25.5 Å². The van der Waals surface area contributed by atoms with Crippen molar-refractivity contribution in [3.05, 3.63) is 0 Å². The summed E-state index contributed by atoms with van der Waals surface area (Å²) in [6.07, 6.45) is 4.85. The van der Waals surface area contributed by atoms with Crippen molar-refractivity contribution in [2.45, 2.75) is 59.8 Å². The molecule has 1 saturated heterocycles. The van der Waals surface area contributed by atoms with Gasteiger partial charge in [0.2, 0.25) is 11.8 Å². The molecule has 0 atom stereocenters. The summed E-state index contributed by atoms with van der Waals surface area (Å²) < 4.78 is 0. The summed E-state index contributed by atoms with van der Waals surface area (Å²) >= 11 is 0. The molecule has 0 radical (unpaired) electrons. The van der Waals surface area contributed by atoms with Crippen LogP contribution in [-0.4, -0.2) is 61.9 Å². The number of likely N-dealkylation sites (tertiary alicyclic amines) is 1. The summed E-state index contributed by atoms with van der Waals surface area (Å²) in [5, 5.41) is 9.37. The average Bonchev–Trinajstić information content (AvgIpc) is 2.81. The van der Waals surface area contributed by atoms with Gasteiger partial charge < -0.3 is 20.9 Å². The quantitative estimate of drug-likeness (QED) is 0.327. The van der Waals surface area contributed by atoms with Crippen LogP contribution in [0.1, 0.15) is 59.8 Å². The molecule has 26 heavy (non-hydrogen) atoms. The molecule has 0 aromatic heterocycles. The summed E-state index contributed by atoms with van der Waals surface area (Å²) in [6.45, 7) is 11.9. The molecule has 2 amide bonds. The summed E-state index contributed by atoms with van der Waals surface area (Å²) in [6, 6.07) is 0. The van der Waals surface area contributed by atoms with Gasteiger partial charge in [0, 0.05) is 39.1 Å². The van der Waals surface area contributed by atoms with Crippen LogP contribution in [0.3, 0.4) is 0 Å². The van der Waals surface area contributed by atoms with Gasteiger partial charge in [0.15, 0.2) is 5.96 Å². The minimum Gasteiger partial charge on any atom is -0.357 e. The van der Waals surface area contributed by atoms with Crippen LogP contribution in [0, 0.1) is 5.41 Å². The maximum absolute atomic E-state index is 12.1. The van der Waals surface area contributed by atoms with Crippen molar-refractivity contribution in [2.75, 3.05) is 39.3 Å². The predicted molar refractivity (Wildman–Crippen MR) is 106 cm³/mol. The first-order valence-corrected chi connectivity index (χ1v) is 9.99. The number of nitrogens with zero attached hydrogens (tertiary/aromatic N) is 2. The Labute approximate surface area is 158 Å². The molecule has 0 spiro atoms. The number of rotatable bonds is 9. The Morgan fingerprint density at radius 3 is 2.54 bits per heavy atom. The molecule has 7 nitrogen and oxygen atoms in total. The summed E-state index contributed by atoms with van der Waals surface area (Å²) in [5.74, 6) is 1.01. The van der Waals surface area contributed by atoms with Crippen LogP contribution in [0.5, 0.6) is 0 Å². The molecule has 0 bridgehead atoms. The molecular weight excluding hydrogens is 330 g/mol. The lowest BCUT2D eigenvalue weighted by molar-refractivity contribution is -0.130. The van der Waals surface area contributed by atoms with E-state index in [2.05, 4.69) is 20.9 Å². The van der Waals surface area contributed by atoms with E-state index in [0.717, 1.165) is 51.9 Å². The van der Waals surface area contributed by atoms with E-state index >= 15 is 0 Å². The number of carbonyl (C=O) groups is 2. The third kappa shape index (κ3) is 8.06. The fourth-order valence-corrected chi connectivity index (χ4v) is 2.84. The molecule has 0 aliphatic carbocycles. The highest BCUT2D eigenvalue weighted by Gasteiger charge is 2.26. The molecule has 1 aliphatic rings. The Balaban J connectivity index is 2.44. The molecule has 0 unspecified atom stereocenters. The molecule has 0 aromatic rings. The van der Waals surface area contributed by atoms with Gasteiger partial charge in [0.25, 0.3) is 0 Å². The van der Waals surface area contributed by atoms with Crippen LogP contribution in [0.25, 0.3) is 0 Å². The number of hydrogen-bond donors (Lipinski definition) is 3. The lowest BCUT2D eigenvalue weighted by atomic mass is 9.92. The van der Waals surface area contributed by atoms with Crippen LogP contribution in [0.4, 0.5) is 0 Å². The lowest BCUT2D eigenvalue weighted by Crippen LogP contribution is -2.42. The van der Waals surface area contributed by atoms with E-state index in [-0.39, 0.29) is 11.8 Å². The van der Waals surface area contributed by atoms with Gasteiger partial charge in [0.05, 0.1) is 12.0 Å². The predicted octanol–water partition coefficient (Wildman–Crippen LogP) is 1.50. The van der Waals surface area contributed by atoms with Crippen molar-refractivity contribution in [3.8, 4) is 0 Å². The molecule has 1 fully saturated rings. The van der Waals surface area contributed by atoms with Crippen molar-refractivity contribution in [3.63, 3.8) is 0 Å². The molecule has 1 rings (SSSR count). The van der Waals surface area contributed by atoms with Crippen LogP contribution < -0.4 is 16.0 Å². The Morgan fingerprint density at radius 2 is 1.85 bits per heavy atom. The summed E-state index contributed by atoms with van der Waals surface area (Å²) in [4.78, 5) is 30.6. The van der Waals surface area contributed by atoms with Crippen LogP contribution >= 0.6 is 0 Å². The largest absolute Gasteiger partial charge is 0.357 e. The first-order valence-electron chi connectivity index (χ1n) is 9.99. The molecule has 0 aromatic carbocycles. The van der Waals surface area contributed by atoms with E-state index in [4.69, 9.17) is 0 Å². The van der Waals surface area contributed by atoms with Gasteiger partial charge in [0.1, 0.15) is 0 Å². The Hall–Kier alpha value is -1.79. The second kappa shape index (κ2) is 11.8. The monoisotopic (exact) mass is 367 g/mol. The highest BCUT2D eigenvalue weighted by Crippen LogP contribution is 2.15. The van der Waals surface area contributed by atoms with Gasteiger partial charge in [-0.1, -0.05) is 6.42 Å². The molecular formula is C19H37N5O2. The van der Waals surface area contributed by atoms with Gasteiger partial charge in [-0.3, -0.25) is 14.6 Å². The molecule has 0 saturated carbocycles. The Morgan fingerprint density at radius 1 is 1.12 bits per heavy atom. The fraction of sp³-hybridized carbons (Fsp3) is 0.842. The highest BCUT2D eigenvalue weighted by atomic mass is 16.2. The third-order valence-electron chi connectivity index (χ3n) is 4.50. The van der Waals surface area contributed by atoms with Crippen molar-refractivity contribution in [2.24, 2.45) is 10.4 Å². The zero-order valence-corrected chi connectivity index (χ0v) is 17.0. The molecule has 1 aliphatic heterocycles. The van der Waals surface area contributed by atoms with Crippen LogP contribution in [0.2, 0.25) is 0 Å². The van der Waals surface area contributed by atoms with Gasteiger partial charge in [-0.25, -0.2) is 0 Å². The molecule has 1 heterocycles. The van der Waals surface area contributed by atoms with Crippen molar-refractivity contribution in [1.29, 1.82) is 0 Å². The van der Waals surface area contributed by atoms with E-state index < -0.39 is 5.41 Å². The highest BCUT2D eigenvalue weighted by molar-refractivity contribution is 5.83.